The van der Waals surface area contributed by atoms with Crippen molar-refractivity contribution in [2.45, 2.75) is 203 Å². The maximum atomic E-state index is 13.0. The molecule has 3 unspecified atom stereocenters. The minimum Gasteiger partial charge on any atom is -0.426 e. The van der Waals surface area contributed by atoms with Crippen LogP contribution in [-0.2, 0) is 43.0 Å². The zero-order valence-electron chi connectivity index (χ0n) is 30.7. The molecular weight excluding hydrogens is 748 g/mol. The molecule has 4 amide bonds. The number of likely N-dealkylation sites (N-methyl/N-ethyl adjacent to an activating group) is 1. The molecule has 1 rings (SSSR count). The molecular formula is C42H94N6O10. The zero-order chi connectivity index (χ0) is 37.7. The lowest BCUT2D eigenvalue weighted by molar-refractivity contribution is -0.246. The molecule has 0 radical (unpaired) electrons. The average Bonchev–Trinajstić information content (AvgIpc) is 2.94. The molecule has 0 spiro atoms. The van der Waals surface area contributed by atoms with E-state index >= 15 is 0 Å². The van der Waals surface area contributed by atoms with Crippen LogP contribution in [-0.4, -0.2) is 107 Å². The summed E-state index contributed by atoms with van der Waals surface area (Å²) in [7, 11) is 1.57. The Balaban J connectivity index is -0.000000381. The van der Waals surface area contributed by atoms with Crippen molar-refractivity contribution >= 4 is 41.4 Å². The minimum absolute atomic E-state index is 0. The number of Topliss-reactive ketones (excluding diaryl/α,β-unsaturated/α-hetero) is 1. The first-order chi connectivity index (χ1) is 22.6. The summed E-state index contributed by atoms with van der Waals surface area (Å²) in [6.07, 6.45) is 0.419. The van der Waals surface area contributed by atoms with Gasteiger partial charge in [0, 0.05) is 23.7 Å². The molecule has 6 N–H and O–H groups in total. The number of amides is 4. The van der Waals surface area contributed by atoms with E-state index in [1.807, 2.05) is 55.4 Å². The molecule has 0 aliphatic carbocycles. The van der Waals surface area contributed by atoms with E-state index in [4.69, 9.17) is 9.47 Å². The highest BCUT2D eigenvalue weighted by Gasteiger charge is 2.45. The molecule has 352 valence electrons. The van der Waals surface area contributed by atoms with Gasteiger partial charge in [-0.25, -0.2) is 9.59 Å². The summed E-state index contributed by atoms with van der Waals surface area (Å²) in [5.74, 6) is -4.57. The van der Waals surface area contributed by atoms with Crippen molar-refractivity contribution in [2.75, 3.05) is 20.4 Å². The van der Waals surface area contributed by atoms with Gasteiger partial charge in [0.1, 0.15) is 30.3 Å². The van der Waals surface area contributed by atoms with Gasteiger partial charge in [0.25, 0.3) is 0 Å². The van der Waals surface area contributed by atoms with E-state index < -0.39 is 72.1 Å². The van der Waals surface area contributed by atoms with E-state index in [2.05, 4.69) is 26.6 Å². The number of ketones is 1. The molecule has 0 aromatic heterocycles. The van der Waals surface area contributed by atoms with Crippen LogP contribution in [0.1, 0.15) is 168 Å². The van der Waals surface area contributed by atoms with E-state index in [0.717, 1.165) is 0 Å². The Hall–Kier alpha value is -3.63. The summed E-state index contributed by atoms with van der Waals surface area (Å²) < 4.78 is 10.1. The monoisotopic (exact) mass is 843 g/mol. The Kier molecular flexibility index (Phi) is 44.4. The highest BCUT2D eigenvalue weighted by atomic mass is 16.7. The van der Waals surface area contributed by atoms with Crippen molar-refractivity contribution in [2.24, 2.45) is 11.8 Å². The number of carbonyl (C=O) groups is 7. The maximum absolute atomic E-state index is 13.0. The molecule has 0 saturated carbocycles. The molecule has 58 heavy (non-hydrogen) atoms. The first-order valence-corrected chi connectivity index (χ1v) is 16.7. The summed E-state index contributed by atoms with van der Waals surface area (Å²) in [6.45, 7) is 15.2. The van der Waals surface area contributed by atoms with Gasteiger partial charge in [-0.2, -0.15) is 5.06 Å². The Labute approximate surface area is 355 Å². The molecule has 0 bridgehead atoms. The first kappa shape index (κ1) is 75.2. The molecule has 0 aromatic carbocycles. The lowest BCUT2D eigenvalue weighted by Crippen LogP contribution is -2.64. The fourth-order valence-corrected chi connectivity index (χ4v) is 5.86. The fraction of sp³-hybridized carbons (Fsp3) is 0.833. The van der Waals surface area contributed by atoms with Crippen molar-refractivity contribution in [3.05, 3.63) is 0 Å². The standard InChI is InChI=1S/C33H58N6O10.9CH4/c1-19(2)11-23(37-27(42)13-21(5)40)30(45)48-18-49-31(46)24(12-20(3)4)38-28(43)14-26(41)35-17-25(34-10)29(44)36-22-15-32(6,7)39(47)33(8,9)16-22;;;;;;;;;/h19-20,22-25,34,47H,11-18H2,1-10H3,(H,35,41)(H,36,44)(H,37,42)(H,38,43);9*1H4. The van der Waals surface area contributed by atoms with Crippen LogP contribution in [0.15, 0.2) is 0 Å². The van der Waals surface area contributed by atoms with Crippen molar-refractivity contribution in [1.82, 2.24) is 31.6 Å². The second-order valence-corrected chi connectivity index (χ2v) is 14.8. The van der Waals surface area contributed by atoms with E-state index in [1.165, 1.54) is 12.0 Å². The predicted molar refractivity (Wildman–Crippen MR) is 239 cm³/mol. The van der Waals surface area contributed by atoms with Gasteiger partial charge in [0.15, 0.2) is 0 Å². The number of hydrogen-bond donors (Lipinski definition) is 6. The minimum atomic E-state index is -1.14. The van der Waals surface area contributed by atoms with Crippen LogP contribution >= 0.6 is 0 Å². The van der Waals surface area contributed by atoms with Crippen molar-refractivity contribution in [3.63, 3.8) is 0 Å². The van der Waals surface area contributed by atoms with Gasteiger partial charge in [-0.3, -0.25) is 24.0 Å². The van der Waals surface area contributed by atoms with E-state index in [1.54, 1.807) is 7.05 Å². The van der Waals surface area contributed by atoms with Gasteiger partial charge >= 0.3 is 11.9 Å². The molecule has 16 heteroatoms. The second kappa shape index (κ2) is 34.3. The number of carbonyl (C=O) groups excluding carboxylic acids is 7. The lowest BCUT2D eigenvalue weighted by atomic mass is 9.79. The number of esters is 2. The van der Waals surface area contributed by atoms with E-state index in [-0.39, 0.29) is 122 Å². The summed E-state index contributed by atoms with van der Waals surface area (Å²) in [6, 6.07) is -3.20. The number of piperidine rings is 1. The van der Waals surface area contributed by atoms with Crippen molar-refractivity contribution < 1.29 is 48.2 Å². The van der Waals surface area contributed by atoms with Crippen LogP contribution in [0.25, 0.3) is 0 Å². The van der Waals surface area contributed by atoms with Gasteiger partial charge in [0.05, 0.1) is 6.42 Å². The second-order valence-electron chi connectivity index (χ2n) is 14.8. The quantitative estimate of drug-likeness (QED) is 0.0472. The summed E-state index contributed by atoms with van der Waals surface area (Å²) in [4.78, 5) is 87.0. The SMILES string of the molecule is C.C.C.C.C.C.C.C.C.CNC(CNC(=O)CC(=O)NC(CC(C)C)C(=O)OCOC(=O)C(CC(C)C)NC(=O)CC(C)=O)C(=O)NC1CC(C)(C)N(O)C(C)(C)C1. The van der Waals surface area contributed by atoms with Gasteiger partial charge < -0.3 is 41.3 Å². The first-order valence-electron chi connectivity index (χ1n) is 16.7. The number of hydrogen-bond acceptors (Lipinski definition) is 12. The molecule has 1 fully saturated rings. The fourth-order valence-electron chi connectivity index (χ4n) is 5.86. The third kappa shape index (κ3) is 27.1. The van der Waals surface area contributed by atoms with Crippen LogP contribution < -0.4 is 26.6 Å². The van der Waals surface area contributed by atoms with Crippen LogP contribution in [0.4, 0.5) is 0 Å². The Morgan fingerprint density at radius 2 is 1.03 bits per heavy atom. The smallest absolute Gasteiger partial charge is 0.331 e. The van der Waals surface area contributed by atoms with Crippen molar-refractivity contribution in [1.29, 1.82) is 0 Å². The molecule has 16 nitrogen and oxygen atoms in total. The molecule has 3 atom stereocenters. The van der Waals surface area contributed by atoms with Gasteiger partial charge in [-0.05, 0) is 79.2 Å². The number of hydroxylamine groups is 2. The molecule has 1 aliphatic rings. The topological polar surface area (TPSA) is 222 Å². The van der Waals surface area contributed by atoms with Crippen LogP contribution in [0.5, 0.6) is 0 Å². The molecule has 1 saturated heterocycles. The van der Waals surface area contributed by atoms with Gasteiger partial charge in [-0.15, -0.1) is 0 Å². The molecule has 1 heterocycles. The summed E-state index contributed by atoms with van der Waals surface area (Å²) >= 11 is 0. The average molecular weight is 843 g/mol. The van der Waals surface area contributed by atoms with Gasteiger partial charge in [0.2, 0.25) is 30.4 Å². The van der Waals surface area contributed by atoms with Crippen LogP contribution in [0.2, 0.25) is 0 Å². The normalized spacial score (nSPS) is 15.0. The maximum Gasteiger partial charge on any atom is 0.331 e. The summed E-state index contributed by atoms with van der Waals surface area (Å²) in [5, 5.41) is 25.2. The Morgan fingerprint density at radius 1 is 0.655 bits per heavy atom. The summed E-state index contributed by atoms with van der Waals surface area (Å²) in [5.41, 5.74) is -1.12. The third-order valence-corrected chi connectivity index (χ3v) is 7.94. The largest absolute Gasteiger partial charge is 0.426 e. The Bertz CT molecular complexity index is 1180. The highest BCUT2D eigenvalue weighted by molar-refractivity contribution is 5.99. The number of nitrogens with zero attached hydrogens (tertiary/aromatic N) is 1. The Morgan fingerprint density at radius 3 is 1.38 bits per heavy atom. The third-order valence-electron chi connectivity index (χ3n) is 7.94. The number of ether oxygens (including phenoxy) is 2. The van der Waals surface area contributed by atoms with E-state index in [9.17, 15) is 38.8 Å². The van der Waals surface area contributed by atoms with Crippen LogP contribution in [0, 0.1) is 11.8 Å². The van der Waals surface area contributed by atoms with Crippen LogP contribution in [0.3, 0.4) is 0 Å². The predicted octanol–water partition coefficient (Wildman–Crippen LogP) is 6.42. The lowest BCUT2D eigenvalue weighted by Gasteiger charge is -2.51. The molecule has 1 aliphatic heterocycles. The van der Waals surface area contributed by atoms with E-state index in [0.29, 0.717) is 12.8 Å². The number of rotatable bonds is 19. The molecule has 0 aromatic rings. The van der Waals surface area contributed by atoms with Crippen molar-refractivity contribution in [3.8, 4) is 0 Å². The number of nitrogens with one attached hydrogen (secondary N) is 5. The van der Waals surface area contributed by atoms with Gasteiger partial charge in [-0.1, -0.05) is 94.5 Å². The highest BCUT2D eigenvalue weighted by Crippen LogP contribution is 2.36. The zero-order valence-corrected chi connectivity index (χ0v) is 30.7.